The second-order valence-corrected chi connectivity index (χ2v) is 8.95. The van der Waals surface area contributed by atoms with Crippen molar-refractivity contribution in [2.24, 2.45) is 5.16 Å². The van der Waals surface area contributed by atoms with Gasteiger partial charge in [-0.05, 0) is 44.4 Å². The second-order valence-electron chi connectivity index (χ2n) is 8.95. The lowest BCUT2D eigenvalue weighted by Gasteiger charge is -2.28. The van der Waals surface area contributed by atoms with Crippen molar-refractivity contribution in [3.63, 3.8) is 0 Å². The third-order valence-corrected chi connectivity index (χ3v) is 6.05. The van der Waals surface area contributed by atoms with Crippen LogP contribution < -0.4 is 4.74 Å². The standard InChI is InChI=1S/C26H30N2O5/c1-4-5-14-31-20-13-9-12-19(16-20)21-17-22(33-27-21)24(29)28-23(26(2,3)32-25(28)30)15-18-10-7-6-8-11-18/h6-13,16,22-23H,4-5,14-15,17H2,1-3H3/t22-,23-/m0/s1. The van der Waals surface area contributed by atoms with Crippen LogP contribution in [0.1, 0.15) is 51.2 Å². The van der Waals surface area contributed by atoms with E-state index in [1.807, 2.05) is 68.4 Å². The normalized spacial score (nSPS) is 21.4. The van der Waals surface area contributed by atoms with Gasteiger partial charge in [-0.25, -0.2) is 9.69 Å². The van der Waals surface area contributed by atoms with Crippen LogP contribution in [-0.2, 0) is 20.8 Å². The summed E-state index contributed by atoms with van der Waals surface area (Å²) >= 11 is 0. The van der Waals surface area contributed by atoms with Crippen LogP contribution in [0, 0.1) is 0 Å². The van der Waals surface area contributed by atoms with Crippen molar-refractivity contribution >= 4 is 17.7 Å². The highest BCUT2D eigenvalue weighted by Crippen LogP contribution is 2.34. The minimum absolute atomic E-state index is 0.277. The number of hydrogen-bond acceptors (Lipinski definition) is 6. The second kappa shape index (κ2) is 9.65. The number of carbonyl (C=O) groups is 2. The zero-order valence-corrected chi connectivity index (χ0v) is 19.3. The summed E-state index contributed by atoms with van der Waals surface area (Å²) in [6.45, 7) is 6.42. The third-order valence-electron chi connectivity index (χ3n) is 6.05. The first kappa shape index (κ1) is 22.8. The molecule has 0 aliphatic carbocycles. The van der Waals surface area contributed by atoms with E-state index < -0.39 is 29.7 Å². The zero-order chi connectivity index (χ0) is 23.4. The predicted molar refractivity (Wildman–Crippen MR) is 124 cm³/mol. The van der Waals surface area contributed by atoms with Gasteiger partial charge in [0, 0.05) is 12.0 Å². The molecule has 0 bridgehead atoms. The molecule has 2 aliphatic rings. The highest BCUT2D eigenvalue weighted by molar-refractivity contribution is 6.06. The monoisotopic (exact) mass is 450 g/mol. The molecule has 2 aliphatic heterocycles. The van der Waals surface area contributed by atoms with Crippen LogP contribution in [0.4, 0.5) is 4.79 Å². The van der Waals surface area contributed by atoms with Crippen LogP contribution in [-0.4, -0.2) is 47.0 Å². The van der Waals surface area contributed by atoms with Crippen LogP contribution in [0.3, 0.4) is 0 Å². The molecular weight excluding hydrogens is 420 g/mol. The zero-order valence-electron chi connectivity index (χ0n) is 19.3. The van der Waals surface area contributed by atoms with Gasteiger partial charge in [0.2, 0.25) is 6.10 Å². The van der Waals surface area contributed by atoms with Crippen LogP contribution in [0.15, 0.2) is 59.8 Å². The molecule has 0 unspecified atom stereocenters. The number of cyclic esters (lactones) is 1. The minimum atomic E-state index is -0.871. The number of benzene rings is 2. The molecule has 2 amide bonds. The van der Waals surface area contributed by atoms with Crippen molar-refractivity contribution in [1.82, 2.24) is 4.90 Å². The van der Waals surface area contributed by atoms with Crippen molar-refractivity contribution in [2.45, 2.75) is 64.2 Å². The first-order valence-corrected chi connectivity index (χ1v) is 11.4. The Morgan fingerprint density at radius 3 is 2.73 bits per heavy atom. The molecule has 0 spiro atoms. The molecule has 2 aromatic carbocycles. The number of ether oxygens (including phenoxy) is 2. The van der Waals surface area contributed by atoms with E-state index >= 15 is 0 Å². The van der Waals surface area contributed by atoms with Gasteiger partial charge < -0.3 is 14.3 Å². The van der Waals surface area contributed by atoms with E-state index in [1.54, 1.807) is 0 Å². The van der Waals surface area contributed by atoms with Crippen LogP contribution in [0.2, 0.25) is 0 Å². The first-order chi connectivity index (χ1) is 15.9. The fourth-order valence-electron chi connectivity index (χ4n) is 4.13. The van der Waals surface area contributed by atoms with E-state index in [0.717, 1.165) is 29.7 Å². The van der Waals surface area contributed by atoms with Gasteiger partial charge in [0.25, 0.3) is 5.91 Å². The quantitative estimate of drug-likeness (QED) is 0.544. The molecule has 33 heavy (non-hydrogen) atoms. The third kappa shape index (κ3) is 5.02. The van der Waals surface area contributed by atoms with Gasteiger partial charge in [0.15, 0.2) is 0 Å². The van der Waals surface area contributed by atoms with E-state index in [1.165, 1.54) is 4.90 Å². The van der Waals surface area contributed by atoms with Crippen molar-refractivity contribution in [2.75, 3.05) is 6.61 Å². The molecule has 0 N–H and O–H groups in total. The van der Waals surface area contributed by atoms with Crippen LogP contribution >= 0.6 is 0 Å². The number of carbonyl (C=O) groups excluding carboxylic acids is 2. The summed E-state index contributed by atoms with van der Waals surface area (Å²) < 4.78 is 11.3. The van der Waals surface area contributed by atoms with Gasteiger partial charge in [-0.2, -0.15) is 0 Å². The number of hydrogen-bond donors (Lipinski definition) is 0. The van der Waals surface area contributed by atoms with Crippen molar-refractivity contribution in [1.29, 1.82) is 0 Å². The van der Waals surface area contributed by atoms with Crippen molar-refractivity contribution in [3.8, 4) is 5.75 Å². The summed E-state index contributed by atoms with van der Waals surface area (Å²) in [5.74, 6) is 0.326. The Hall–Kier alpha value is -3.35. The number of nitrogens with zero attached hydrogens (tertiary/aromatic N) is 2. The molecule has 0 aromatic heterocycles. The summed E-state index contributed by atoms with van der Waals surface area (Å²) in [5.41, 5.74) is 1.70. The van der Waals surface area contributed by atoms with E-state index in [2.05, 4.69) is 12.1 Å². The number of unbranched alkanes of at least 4 members (excludes halogenated alkanes) is 1. The molecule has 0 radical (unpaired) electrons. The maximum atomic E-state index is 13.4. The fraction of sp³-hybridized carbons (Fsp3) is 0.423. The number of amides is 2. The van der Waals surface area contributed by atoms with E-state index in [9.17, 15) is 9.59 Å². The summed E-state index contributed by atoms with van der Waals surface area (Å²) in [6, 6.07) is 16.9. The van der Waals surface area contributed by atoms with Crippen LogP contribution in [0.25, 0.3) is 0 Å². The Morgan fingerprint density at radius 1 is 1.18 bits per heavy atom. The van der Waals surface area contributed by atoms with Gasteiger partial charge in [0.1, 0.15) is 11.4 Å². The summed E-state index contributed by atoms with van der Waals surface area (Å²) in [6.07, 6.45) is 1.31. The SMILES string of the molecule is CCCCOc1cccc(C2=NO[C@H](C(=O)N3C(=O)OC(C)(C)[C@@H]3Cc3ccccc3)C2)c1. The molecule has 1 fully saturated rings. The molecule has 4 rings (SSSR count). The number of imide groups is 1. The number of oxime groups is 1. The first-order valence-electron chi connectivity index (χ1n) is 11.4. The molecule has 0 saturated carbocycles. The summed E-state index contributed by atoms with van der Waals surface area (Å²) in [4.78, 5) is 32.8. The number of rotatable bonds is 8. The van der Waals surface area contributed by atoms with Gasteiger partial charge in [-0.15, -0.1) is 0 Å². The topological polar surface area (TPSA) is 77.4 Å². The molecule has 7 nitrogen and oxygen atoms in total. The molecule has 2 heterocycles. The van der Waals surface area contributed by atoms with Crippen LogP contribution in [0.5, 0.6) is 5.75 Å². The summed E-state index contributed by atoms with van der Waals surface area (Å²) in [5, 5.41) is 4.15. The average molecular weight is 451 g/mol. The molecular formula is C26H30N2O5. The van der Waals surface area contributed by atoms with E-state index in [-0.39, 0.29) is 6.42 Å². The van der Waals surface area contributed by atoms with Crippen molar-refractivity contribution in [3.05, 3.63) is 65.7 Å². The maximum Gasteiger partial charge on any atom is 0.417 e. The lowest BCUT2D eigenvalue weighted by Crippen LogP contribution is -2.49. The largest absolute Gasteiger partial charge is 0.494 e. The van der Waals surface area contributed by atoms with Gasteiger partial charge >= 0.3 is 6.09 Å². The molecule has 2 atom stereocenters. The van der Waals surface area contributed by atoms with Gasteiger partial charge in [0.05, 0.1) is 18.4 Å². The molecule has 174 valence electrons. The lowest BCUT2D eigenvalue weighted by molar-refractivity contribution is -0.140. The fourth-order valence-corrected chi connectivity index (χ4v) is 4.13. The predicted octanol–water partition coefficient (Wildman–Crippen LogP) is 4.73. The average Bonchev–Trinajstić information content (AvgIpc) is 3.37. The highest BCUT2D eigenvalue weighted by atomic mass is 16.6. The molecule has 2 aromatic rings. The summed E-state index contributed by atoms with van der Waals surface area (Å²) in [7, 11) is 0. The molecule has 1 saturated heterocycles. The Bertz CT molecular complexity index is 1030. The van der Waals surface area contributed by atoms with Gasteiger partial charge in [-0.1, -0.05) is 61.0 Å². The Balaban J connectivity index is 1.46. The van der Waals surface area contributed by atoms with Crippen molar-refractivity contribution < 1.29 is 23.9 Å². The Kier molecular flexibility index (Phi) is 6.67. The highest BCUT2D eigenvalue weighted by Gasteiger charge is 2.52. The Morgan fingerprint density at radius 2 is 1.97 bits per heavy atom. The maximum absolute atomic E-state index is 13.4. The minimum Gasteiger partial charge on any atom is -0.494 e. The molecule has 7 heteroatoms. The van der Waals surface area contributed by atoms with Gasteiger partial charge in [-0.3, -0.25) is 4.79 Å². The van der Waals surface area contributed by atoms with E-state index in [4.69, 9.17) is 14.3 Å². The smallest absolute Gasteiger partial charge is 0.417 e. The lowest BCUT2D eigenvalue weighted by atomic mass is 9.91. The van der Waals surface area contributed by atoms with E-state index in [0.29, 0.717) is 18.7 Å². The Labute approximate surface area is 194 Å².